The van der Waals surface area contributed by atoms with E-state index in [0.717, 1.165) is 33.7 Å². The van der Waals surface area contributed by atoms with Crippen LogP contribution in [0.3, 0.4) is 0 Å². The first-order valence-corrected chi connectivity index (χ1v) is 11.9. The van der Waals surface area contributed by atoms with Crippen LogP contribution < -0.4 is 10.6 Å². The van der Waals surface area contributed by atoms with Gasteiger partial charge in [0.15, 0.2) is 5.82 Å². The van der Waals surface area contributed by atoms with E-state index in [9.17, 15) is 4.79 Å². The highest BCUT2D eigenvalue weighted by Crippen LogP contribution is 2.44. The number of carbonyl (C=O) groups is 1. The molecule has 0 unspecified atom stereocenters. The topological polar surface area (TPSA) is 98.8 Å². The van der Waals surface area contributed by atoms with Crippen molar-refractivity contribution in [3.63, 3.8) is 0 Å². The molecule has 6 rings (SSSR count). The molecule has 1 aromatic carbocycles. The normalized spacial score (nSPS) is 20.6. The van der Waals surface area contributed by atoms with E-state index in [1.807, 2.05) is 36.9 Å². The maximum Gasteiger partial charge on any atom is 0.318 e. The number of H-pyrrole nitrogens is 1. The molecule has 1 fully saturated rings. The summed E-state index contributed by atoms with van der Waals surface area (Å²) in [6.07, 6.45) is 2.55. The highest BCUT2D eigenvalue weighted by Gasteiger charge is 2.46. The van der Waals surface area contributed by atoms with E-state index >= 15 is 0 Å². The lowest BCUT2D eigenvalue weighted by molar-refractivity contribution is 0.142. The predicted molar refractivity (Wildman–Crippen MR) is 129 cm³/mol. The summed E-state index contributed by atoms with van der Waals surface area (Å²) in [5.74, 6) is 1.82. The standard InChI is InChI=1S/C24H25N7OS/c1-13-9-16-20(25-12-26-22(16)33-13)28-21-17-11-31(24(2,3)19(17)29-30-21)23(32)27-18-10-15(18)14-7-5-4-6-8-14/h4-9,12,15,18H,10-11H2,1-3H3,(H,27,32)(H2,25,26,28,29,30)/t15-,18+/m0/s1. The Labute approximate surface area is 195 Å². The number of aromatic amines is 1. The molecule has 4 aromatic rings. The number of thiophene rings is 1. The molecule has 33 heavy (non-hydrogen) atoms. The molecule has 8 nitrogen and oxygen atoms in total. The van der Waals surface area contributed by atoms with Gasteiger partial charge in [0.05, 0.1) is 23.2 Å². The molecule has 168 valence electrons. The Morgan fingerprint density at radius 3 is 2.85 bits per heavy atom. The van der Waals surface area contributed by atoms with Gasteiger partial charge < -0.3 is 15.5 Å². The monoisotopic (exact) mass is 459 g/mol. The van der Waals surface area contributed by atoms with Crippen LogP contribution >= 0.6 is 11.3 Å². The van der Waals surface area contributed by atoms with Gasteiger partial charge in [0.25, 0.3) is 0 Å². The van der Waals surface area contributed by atoms with Crippen LogP contribution in [-0.4, -0.2) is 37.1 Å². The summed E-state index contributed by atoms with van der Waals surface area (Å²) >= 11 is 1.64. The summed E-state index contributed by atoms with van der Waals surface area (Å²) in [6, 6.07) is 12.6. The van der Waals surface area contributed by atoms with E-state index in [4.69, 9.17) is 0 Å². The van der Waals surface area contributed by atoms with E-state index in [1.165, 1.54) is 10.4 Å². The fourth-order valence-corrected chi connectivity index (χ4v) is 5.64. The second-order valence-electron chi connectivity index (χ2n) is 9.30. The molecule has 2 amide bonds. The number of urea groups is 1. The number of rotatable bonds is 4. The molecule has 3 aromatic heterocycles. The van der Waals surface area contributed by atoms with Crippen LogP contribution in [0.15, 0.2) is 42.7 Å². The summed E-state index contributed by atoms with van der Waals surface area (Å²) in [4.78, 5) is 26.0. The molecule has 3 N–H and O–H groups in total. The van der Waals surface area contributed by atoms with Crippen molar-refractivity contribution >= 4 is 39.2 Å². The summed E-state index contributed by atoms with van der Waals surface area (Å²) in [7, 11) is 0. The van der Waals surface area contributed by atoms with E-state index in [2.05, 4.69) is 55.9 Å². The van der Waals surface area contributed by atoms with Crippen molar-refractivity contribution in [2.75, 3.05) is 5.32 Å². The van der Waals surface area contributed by atoms with Gasteiger partial charge in [-0.2, -0.15) is 5.10 Å². The average Bonchev–Trinajstić information content (AvgIpc) is 3.12. The fourth-order valence-electron chi connectivity index (χ4n) is 4.79. The molecule has 0 radical (unpaired) electrons. The fraction of sp³-hybridized carbons (Fsp3) is 0.333. The van der Waals surface area contributed by atoms with Gasteiger partial charge in [-0.3, -0.25) is 5.10 Å². The number of fused-ring (bicyclic) bond motifs is 2. The zero-order valence-electron chi connectivity index (χ0n) is 18.7. The summed E-state index contributed by atoms with van der Waals surface area (Å²) in [6.45, 7) is 6.64. The van der Waals surface area contributed by atoms with Crippen LogP contribution in [0.2, 0.25) is 0 Å². The van der Waals surface area contributed by atoms with Crippen molar-refractivity contribution in [1.29, 1.82) is 0 Å². The SMILES string of the molecule is Cc1cc2c(Nc3n[nH]c4c3CN(C(=O)N[C@@H]3C[C@H]3c3ccccc3)C4(C)C)ncnc2s1. The van der Waals surface area contributed by atoms with Gasteiger partial charge in [-0.25, -0.2) is 14.8 Å². The van der Waals surface area contributed by atoms with E-state index in [-0.39, 0.29) is 12.1 Å². The second kappa shape index (κ2) is 7.28. The largest absolute Gasteiger partial charge is 0.335 e. The molecular weight excluding hydrogens is 434 g/mol. The number of aromatic nitrogens is 4. The molecule has 0 spiro atoms. The number of nitrogens with one attached hydrogen (secondary N) is 3. The summed E-state index contributed by atoms with van der Waals surface area (Å²) < 4.78 is 0. The van der Waals surface area contributed by atoms with Crippen LogP contribution in [0.5, 0.6) is 0 Å². The highest BCUT2D eigenvalue weighted by atomic mass is 32.1. The van der Waals surface area contributed by atoms with Gasteiger partial charge in [-0.15, -0.1) is 11.3 Å². The minimum absolute atomic E-state index is 0.0446. The zero-order chi connectivity index (χ0) is 22.7. The van der Waals surface area contributed by atoms with Gasteiger partial charge in [-0.1, -0.05) is 30.3 Å². The Bertz CT molecular complexity index is 1360. The number of carbonyl (C=O) groups excluding carboxylic acids is 1. The van der Waals surface area contributed by atoms with Crippen LogP contribution in [0.1, 0.15) is 47.9 Å². The lowest BCUT2D eigenvalue weighted by Gasteiger charge is -2.32. The molecule has 2 atom stereocenters. The smallest absolute Gasteiger partial charge is 0.318 e. The van der Waals surface area contributed by atoms with Crippen LogP contribution in [0, 0.1) is 6.92 Å². The number of hydrogen-bond acceptors (Lipinski definition) is 6. The maximum atomic E-state index is 13.2. The second-order valence-corrected chi connectivity index (χ2v) is 10.5. The highest BCUT2D eigenvalue weighted by molar-refractivity contribution is 7.18. The Kier molecular flexibility index (Phi) is 4.45. The van der Waals surface area contributed by atoms with Crippen molar-refractivity contribution in [2.45, 2.75) is 51.2 Å². The van der Waals surface area contributed by atoms with Crippen molar-refractivity contribution in [2.24, 2.45) is 0 Å². The maximum absolute atomic E-state index is 13.2. The number of hydrogen-bond donors (Lipinski definition) is 3. The van der Waals surface area contributed by atoms with Gasteiger partial charge in [0.1, 0.15) is 17.0 Å². The lowest BCUT2D eigenvalue weighted by Crippen LogP contribution is -2.47. The average molecular weight is 460 g/mol. The van der Waals surface area contributed by atoms with Gasteiger partial charge in [0.2, 0.25) is 0 Å². The molecule has 1 saturated carbocycles. The van der Waals surface area contributed by atoms with Crippen LogP contribution in [0.4, 0.5) is 16.4 Å². The minimum Gasteiger partial charge on any atom is -0.335 e. The molecule has 0 saturated heterocycles. The third-order valence-electron chi connectivity index (χ3n) is 6.73. The van der Waals surface area contributed by atoms with E-state index < -0.39 is 5.54 Å². The molecule has 9 heteroatoms. The first-order chi connectivity index (χ1) is 15.9. The lowest BCUT2D eigenvalue weighted by atomic mass is 10.0. The minimum atomic E-state index is -0.497. The van der Waals surface area contributed by atoms with Crippen molar-refractivity contribution in [1.82, 2.24) is 30.4 Å². The number of aryl methyl sites for hydroxylation is 1. The Morgan fingerprint density at radius 1 is 1.21 bits per heavy atom. The molecule has 4 heterocycles. The molecule has 1 aliphatic heterocycles. The zero-order valence-corrected chi connectivity index (χ0v) is 19.5. The van der Waals surface area contributed by atoms with Crippen molar-refractivity contribution < 1.29 is 4.79 Å². The molecule has 1 aliphatic carbocycles. The van der Waals surface area contributed by atoms with Gasteiger partial charge in [0, 0.05) is 22.4 Å². The van der Waals surface area contributed by atoms with Gasteiger partial charge in [-0.05, 0) is 38.8 Å². The number of amides is 2. The quantitative estimate of drug-likeness (QED) is 0.408. The van der Waals surface area contributed by atoms with Crippen LogP contribution in [-0.2, 0) is 12.1 Å². The van der Waals surface area contributed by atoms with Crippen LogP contribution in [0.25, 0.3) is 10.2 Å². The first-order valence-electron chi connectivity index (χ1n) is 11.1. The molecule has 0 bridgehead atoms. The van der Waals surface area contributed by atoms with Gasteiger partial charge >= 0.3 is 6.03 Å². The first kappa shape index (κ1) is 20.2. The Hall–Kier alpha value is -3.46. The van der Waals surface area contributed by atoms with Crippen molar-refractivity contribution in [3.05, 3.63) is 64.4 Å². The summed E-state index contributed by atoms with van der Waals surface area (Å²) in [5, 5.41) is 15.3. The van der Waals surface area contributed by atoms with E-state index in [0.29, 0.717) is 18.3 Å². The Balaban J connectivity index is 1.21. The third-order valence-corrected chi connectivity index (χ3v) is 7.69. The molecule has 2 aliphatic rings. The van der Waals surface area contributed by atoms with Crippen molar-refractivity contribution in [3.8, 4) is 0 Å². The third kappa shape index (κ3) is 3.34. The Morgan fingerprint density at radius 2 is 2.03 bits per heavy atom. The van der Waals surface area contributed by atoms with E-state index in [1.54, 1.807) is 17.7 Å². The summed E-state index contributed by atoms with van der Waals surface area (Å²) in [5.41, 5.74) is 2.72. The molecular formula is C24H25N7OS. The number of benzene rings is 1. The predicted octanol–water partition coefficient (Wildman–Crippen LogP) is 4.78. The number of nitrogens with zero attached hydrogens (tertiary/aromatic N) is 4. The number of anilines is 2.